The summed E-state index contributed by atoms with van der Waals surface area (Å²) < 4.78 is 0. The van der Waals surface area contributed by atoms with Gasteiger partial charge in [-0.15, -0.1) is 11.3 Å². The van der Waals surface area contributed by atoms with Crippen molar-refractivity contribution in [1.82, 2.24) is 0 Å². The summed E-state index contributed by atoms with van der Waals surface area (Å²) in [7, 11) is 0. The van der Waals surface area contributed by atoms with Gasteiger partial charge in [-0.3, -0.25) is 0 Å². The standard InChI is InChI=1S/C15H18S/c1-11-13(12-8-6-5-7-9-12)10-14(16-11)15(2,3)4/h5-10H,1-4H3. The molecular formula is C15H18S. The summed E-state index contributed by atoms with van der Waals surface area (Å²) in [6.45, 7) is 9.02. The third kappa shape index (κ3) is 2.19. The molecule has 0 radical (unpaired) electrons. The lowest BCUT2D eigenvalue weighted by Crippen LogP contribution is -2.07. The maximum absolute atomic E-state index is 2.34. The van der Waals surface area contributed by atoms with Crippen LogP contribution in [0.25, 0.3) is 11.1 Å². The Kier molecular flexibility index (Phi) is 2.90. The molecule has 0 aliphatic carbocycles. The van der Waals surface area contributed by atoms with Crippen LogP contribution >= 0.6 is 11.3 Å². The van der Waals surface area contributed by atoms with E-state index >= 15 is 0 Å². The van der Waals surface area contributed by atoms with Gasteiger partial charge in [-0.1, -0.05) is 51.1 Å². The fourth-order valence-corrected chi connectivity index (χ4v) is 2.86. The van der Waals surface area contributed by atoms with E-state index in [0.29, 0.717) is 0 Å². The fraction of sp³-hybridized carbons (Fsp3) is 0.333. The lowest BCUT2D eigenvalue weighted by atomic mass is 9.93. The van der Waals surface area contributed by atoms with Crippen molar-refractivity contribution < 1.29 is 0 Å². The Hall–Kier alpha value is -1.08. The van der Waals surface area contributed by atoms with Gasteiger partial charge in [0.2, 0.25) is 0 Å². The molecule has 16 heavy (non-hydrogen) atoms. The molecule has 0 saturated heterocycles. The van der Waals surface area contributed by atoms with Gasteiger partial charge in [0, 0.05) is 9.75 Å². The van der Waals surface area contributed by atoms with Crippen LogP contribution in [-0.4, -0.2) is 0 Å². The van der Waals surface area contributed by atoms with Gasteiger partial charge in [0.25, 0.3) is 0 Å². The Bertz CT molecular complexity index is 472. The maximum atomic E-state index is 2.34. The molecule has 1 heteroatoms. The minimum Gasteiger partial charge on any atom is -0.144 e. The molecule has 0 nitrogen and oxygen atoms in total. The summed E-state index contributed by atoms with van der Waals surface area (Å²) in [6.07, 6.45) is 0. The molecule has 0 atom stereocenters. The lowest BCUT2D eigenvalue weighted by molar-refractivity contribution is 0.604. The Balaban J connectivity index is 2.48. The van der Waals surface area contributed by atoms with Crippen LogP contribution in [0.4, 0.5) is 0 Å². The molecular weight excluding hydrogens is 212 g/mol. The summed E-state index contributed by atoms with van der Waals surface area (Å²) in [5.74, 6) is 0. The Morgan fingerprint density at radius 1 is 1.00 bits per heavy atom. The summed E-state index contributed by atoms with van der Waals surface area (Å²) in [4.78, 5) is 2.87. The summed E-state index contributed by atoms with van der Waals surface area (Å²) in [5.41, 5.74) is 2.96. The minimum absolute atomic E-state index is 0.252. The highest BCUT2D eigenvalue weighted by atomic mass is 32.1. The smallest absolute Gasteiger partial charge is 0.0108 e. The largest absolute Gasteiger partial charge is 0.144 e. The van der Waals surface area contributed by atoms with E-state index in [4.69, 9.17) is 0 Å². The molecule has 0 unspecified atom stereocenters. The van der Waals surface area contributed by atoms with Gasteiger partial charge < -0.3 is 0 Å². The minimum atomic E-state index is 0.252. The third-order valence-electron chi connectivity index (χ3n) is 2.74. The third-order valence-corrected chi connectivity index (χ3v) is 4.22. The van der Waals surface area contributed by atoms with E-state index in [1.165, 1.54) is 20.9 Å². The highest BCUT2D eigenvalue weighted by molar-refractivity contribution is 7.12. The van der Waals surface area contributed by atoms with Crippen molar-refractivity contribution in [3.63, 3.8) is 0 Å². The zero-order valence-corrected chi connectivity index (χ0v) is 11.2. The number of rotatable bonds is 1. The fourth-order valence-electron chi connectivity index (χ4n) is 1.76. The first-order chi connectivity index (χ1) is 7.48. The summed E-state index contributed by atoms with van der Waals surface area (Å²) in [5, 5.41) is 0. The zero-order valence-electron chi connectivity index (χ0n) is 10.4. The van der Waals surface area contributed by atoms with Crippen LogP contribution in [0, 0.1) is 6.92 Å². The second-order valence-corrected chi connectivity index (χ2v) is 6.45. The molecule has 1 heterocycles. The topological polar surface area (TPSA) is 0 Å². The number of hydrogen-bond donors (Lipinski definition) is 0. The second-order valence-electron chi connectivity index (χ2n) is 5.20. The van der Waals surface area contributed by atoms with E-state index in [-0.39, 0.29) is 5.41 Å². The molecule has 2 rings (SSSR count). The van der Waals surface area contributed by atoms with Crippen LogP contribution in [0.1, 0.15) is 30.5 Å². The van der Waals surface area contributed by atoms with Crippen LogP contribution in [0.15, 0.2) is 36.4 Å². The number of aryl methyl sites for hydroxylation is 1. The highest BCUT2D eigenvalue weighted by Gasteiger charge is 2.18. The van der Waals surface area contributed by atoms with Crippen molar-refractivity contribution in [1.29, 1.82) is 0 Å². The van der Waals surface area contributed by atoms with E-state index in [0.717, 1.165) is 0 Å². The quantitative estimate of drug-likeness (QED) is 0.645. The number of hydrogen-bond acceptors (Lipinski definition) is 1. The Morgan fingerprint density at radius 3 is 2.12 bits per heavy atom. The van der Waals surface area contributed by atoms with Gasteiger partial charge in [-0.25, -0.2) is 0 Å². The first kappa shape index (κ1) is 11.4. The maximum Gasteiger partial charge on any atom is 0.0108 e. The first-order valence-corrected chi connectivity index (χ1v) is 6.46. The van der Waals surface area contributed by atoms with Crippen LogP contribution in [0.3, 0.4) is 0 Å². The van der Waals surface area contributed by atoms with Crippen LogP contribution in [0.2, 0.25) is 0 Å². The van der Waals surface area contributed by atoms with Crippen LogP contribution in [0.5, 0.6) is 0 Å². The average molecular weight is 230 g/mol. The van der Waals surface area contributed by atoms with Gasteiger partial charge >= 0.3 is 0 Å². The molecule has 0 aliphatic rings. The molecule has 1 aromatic carbocycles. The Morgan fingerprint density at radius 2 is 1.62 bits per heavy atom. The molecule has 0 N–H and O–H groups in total. The van der Waals surface area contributed by atoms with Crippen molar-refractivity contribution in [2.24, 2.45) is 0 Å². The van der Waals surface area contributed by atoms with Gasteiger partial charge in [-0.05, 0) is 29.5 Å². The predicted octanol–water partition coefficient (Wildman–Crippen LogP) is 5.02. The van der Waals surface area contributed by atoms with Gasteiger partial charge in [0.15, 0.2) is 0 Å². The molecule has 0 aliphatic heterocycles. The number of thiophene rings is 1. The first-order valence-electron chi connectivity index (χ1n) is 5.65. The molecule has 0 saturated carbocycles. The molecule has 0 bridgehead atoms. The van der Waals surface area contributed by atoms with Crippen molar-refractivity contribution in [2.45, 2.75) is 33.1 Å². The van der Waals surface area contributed by atoms with Crippen molar-refractivity contribution >= 4 is 11.3 Å². The molecule has 0 fully saturated rings. The average Bonchev–Trinajstić information content (AvgIpc) is 2.61. The molecule has 0 spiro atoms. The van der Waals surface area contributed by atoms with E-state index in [2.05, 4.69) is 64.1 Å². The van der Waals surface area contributed by atoms with E-state index < -0.39 is 0 Å². The van der Waals surface area contributed by atoms with E-state index in [1.54, 1.807) is 0 Å². The second kappa shape index (κ2) is 4.06. The van der Waals surface area contributed by atoms with E-state index in [9.17, 15) is 0 Å². The lowest BCUT2D eigenvalue weighted by Gasteiger charge is -2.15. The zero-order chi connectivity index (χ0) is 11.8. The molecule has 1 aromatic heterocycles. The monoisotopic (exact) mass is 230 g/mol. The van der Waals surface area contributed by atoms with Crippen molar-refractivity contribution in [3.05, 3.63) is 46.2 Å². The summed E-state index contributed by atoms with van der Waals surface area (Å²) >= 11 is 1.92. The van der Waals surface area contributed by atoms with Crippen molar-refractivity contribution in [3.8, 4) is 11.1 Å². The molecule has 0 amide bonds. The SMILES string of the molecule is Cc1sc(C(C)(C)C)cc1-c1ccccc1. The van der Waals surface area contributed by atoms with Crippen molar-refractivity contribution in [2.75, 3.05) is 0 Å². The molecule has 2 aromatic rings. The normalized spacial score (nSPS) is 11.8. The van der Waals surface area contributed by atoms with Crippen LogP contribution < -0.4 is 0 Å². The summed E-state index contributed by atoms with van der Waals surface area (Å²) in [6, 6.07) is 13.0. The highest BCUT2D eigenvalue weighted by Crippen LogP contribution is 2.36. The Labute approximate surface area is 102 Å². The number of benzene rings is 1. The van der Waals surface area contributed by atoms with Crippen LogP contribution in [-0.2, 0) is 5.41 Å². The van der Waals surface area contributed by atoms with Gasteiger partial charge in [0.1, 0.15) is 0 Å². The van der Waals surface area contributed by atoms with Gasteiger partial charge in [0.05, 0.1) is 0 Å². The van der Waals surface area contributed by atoms with E-state index in [1.807, 2.05) is 11.3 Å². The molecule has 84 valence electrons. The predicted molar refractivity (Wildman–Crippen MR) is 73.2 cm³/mol. The van der Waals surface area contributed by atoms with Gasteiger partial charge in [-0.2, -0.15) is 0 Å².